The number of H-pyrrole nitrogens is 1. The van der Waals surface area contributed by atoms with Crippen molar-refractivity contribution >= 4 is 28.5 Å². The molecule has 2 N–H and O–H groups in total. The number of hydrogen-bond acceptors (Lipinski definition) is 6. The number of esters is 1. The van der Waals surface area contributed by atoms with Gasteiger partial charge in [-0.1, -0.05) is 24.3 Å². The first-order valence-corrected chi connectivity index (χ1v) is 9.02. The summed E-state index contributed by atoms with van der Waals surface area (Å²) in [6, 6.07) is 10.1. The maximum Gasteiger partial charge on any atom is 0.308 e. The van der Waals surface area contributed by atoms with Crippen LogP contribution in [0.15, 0.2) is 48.7 Å². The third-order valence-electron chi connectivity index (χ3n) is 4.26. The number of carbonyl (C=O) groups is 2. The van der Waals surface area contributed by atoms with Crippen molar-refractivity contribution in [3.63, 3.8) is 0 Å². The van der Waals surface area contributed by atoms with Gasteiger partial charge in [-0.3, -0.25) is 24.8 Å². The van der Waals surface area contributed by atoms with Crippen LogP contribution >= 0.6 is 0 Å². The van der Waals surface area contributed by atoms with E-state index in [2.05, 4.69) is 15.5 Å². The lowest BCUT2D eigenvalue weighted by atomic mass is 10.0. The number of rotatable bonds is 7. The van der Waals surface area contributed by atoms with Gasteiger partial charge in [0.05, 0.1) is 40.8 Å². The highest BCUT2D eigenvalue weighted by Crippen LogP contribution is 2.28. The first-order valence-electron chi connectivity index (χ1n) is 9.02. The molecule has 29 heavy (non-hydrogen) atoms. The van der Waals surface area contributed by atoms with Crippen molar-refractivity contribution in [2.75, 3.05) is 0 Å². The second-order valence-electron chi connectivity index (χ2n) is 6.76. The van der Waals surface area contributed by atoms with E-state index in [0.29, 0.717) is 11.1 Å². The molecule has 9 nitrogen and oxygen atoms in total. The highest BCUT2D eigenvalue weighted by molar-refractivity contribution is 5.98. The molecule has 3 rings (SSSR count). The Morgan fingerprint density at radius 3 is 2.72 bits per heavy atom. The van der Waals surface area contributed by atoms with Crippen molar-refractivity contribution in [3.8, 4) is 0 Å². The number of hydrogen-bond donors (Lipinski definition) is 2. The number of amides is 1. The van der Waals surface area contributed by atoms with Crippen LogP contribution in [0.2, 0.25) is 0 Å². The van der Waals surface area contributed by atoms with Crippen molar-refractivity contribution in [3.05, 3.63) is 69.9 Å². The van der Waals surface area contributed by atoms with Crippen LogP contribution in [0.4, 0.5) is 5.69 Å². The summed E-state index contributed by atoms with van der Waals surface area (Å²) in [5, 5.41) is 21.7. The zero-order valence-electron chi connectivity index (χ0n) is 15.9. The van der Waals surface area contributed by atoms with E-state index in [1.54, 1.807) is 44.3 Å². The van der Waals surface area contributed by atoms with E-state index in [4.69, 9.17) is 4.74 Å². The molecule has 150 valence electrons. The summed E-state index contributed by atoms with van der Waals surface area (Å²) in [5.74, 6) is -1.03. The zero-order valence-corrected chi connectivity index (χ0v) is 15.9. The van der Waals surface area contributed by atoms with Gasteiger partial charge in [-0.25, -0.2) is 0 Å². The average molecular weight is 396 g/mol. The third kappa shape index (κ3) is 4.75. The Bertz CT molecular complexity index is 1060. The van der Waals surface area contributed by atoms with Gasteiger partial charge in [0, 0.05) is 17.0 Å². The molecule has 1 heterocycles. The monoisotopic (exact) mass is 396 g/mol. The van der Waals surface area contributed by atoms with Gasteiger partial charge in [-0.05, 0) is 26.0 Å². The fourth-order valence-electron chi connectivity index (χ4n) is 2.98. The topological polar surface area (TPSA) is 127 Å². The second kappa shape index (κ2) is 8.51. The van der Waals surface area contributed by atoms with Gasteiger partial charge in [0.2, 0.25) is 0 Å². The smallest absolute Gasteiger partial charge is 0.308 e. The molecule has 3 aromatic rings. The molecule has 1 aromatic heterocycles. The van der Waals surface area contributed by atoms with Crippen LogP contribution in [-0.2, 0) is 9.53 Å². The Labute approximate surface area is 166 Å². The van der Waals surface area contributed by atoms with Crippen molar-refractivity contribution in [2.45, 2.75) is 32.4 Å². The molecule has 2 aromatic carbocycles. The van der Waals surface area contributed by atoms with E-state index in [1.165, 1.54) is 18.2 Å². The predicted octanol–water partition coefficient (Wildman–Crippen LogP) is 3.28. The molecular formula is C20H20N4O5. The molecule has 0 aliphatic heterocycles. The fourth-order valence-corrected chi connectivity index (χ4v) is 2.98. The number of nitrogens with zero attached hydrogens (tertiary/aromatic N) is 2. The number of aromatic nitrogens is 2. The molecule has 0 aliphatic rings. The standard InChI is InChI=1S/C20H20N4O5/c1-12(2)29-19(25)10-17(15-5-3-4-6-18(15)24(27)28)22-20(26)13-7-8-14-11-21-23-16(14)9-13/h3-9,11-12,17H,10H2,1-2H3,(H,21,23)(H,22,26)/t17-/m0/s1. The fraction of sp³-hybridized carbons (Fsp3) is 0.250. The van der Waals surface area contributed by atoms with Crippen molar-refractivity contribution in [1.29, 1.82) is 0 Å². The first kappa shape index (κ1) is 20.0. The molecule has 1 atom stereocenters. The molecule has 1 amide bonds. The molecule has 0 bridgehead atoms. The van der Waals surface area contributed by atoms with E-state index >= 15 is 0 Å². The first-order chi connectivity index (χ1) is 13.8. The Morgan fingerprint density at radius 2 is 2.00 bits per heavy atom. The lowest BCUT2D eigenvalue weighted by Crippen LogP contribution is -2.31. The summed E-state index contributed by atoms with van der Waals surface area (Å²) in [6.45, 7) is 3.41. The molecular weight excluding hydrogens is 376 g/mol. The molecule has 0 spiro atoms. The third-order valence-corrected chi connectivity index (χ3v) is 4.26. The second-order valence-corrected chi connectivity index (χ2v) is 6.76. The van der Waals surface area contributed by atoms with E-state index in [1.807, 2.05) is 0 Å². The Kier molecular flexibility index (Phi) is 5.87. The minimum Gasteiger partial charge on any atom is -0.463 e. The zero-order chi connectivity index (χ0) is 21.0. The predicted molar refractivity (Wildman–Crippen MR) is 105 cm³/mol. The lowest BCUT2D eigenvalue weighted by Gasteiger charge is -2.19. The number of nitrogens with one attached hydrogen (secondary N) is 2. The maximum absolute atomic E-state index is 12.8. The highest BCUT2D eigenvalue weighted by atomic mass is 16.6. The van der Waals surface area contributed by atoms with Crippen LogP contribution in [0.5, 0.6) is 0 Å². The number of ether oxygens (including phenoxy) is 1. The number of aromatic amines is 1. The van der Waals surface area contributed by atoms with E-state index in [0.717, 1.165) is 5.39 Å². The van der Waals surface area contributed by atoms with Gasteiger partial charge < -0.3 is 10.1 Å². The van der Waals surface area contributed by atoms with Crippen molar-refractivity contribution in [2.24, 2.45) is 0 Å². The highest BCUT2D eigenvalue weighted by Gasteiger charge is 2.27. The number of carbonyl (C=O) groups excluding carboxylic acids is 2. The molecule has 0 saturated heterocycles. The van der Waals surface area contributed by atoms with Crippen LogP contribution in [0.3, 0.4) is 0 Å². The molecule has 0 saturated carbocycles. The minimum absolute atomic E-state index is 0.181. The lowest BCUT2D eigenvalue weighted by molar-refractivity contribution is -0.385. The molecule has 0 fully saturated rings. The number of nitro benzene ring substituents is 1. The van der Waals surface area contributed by atoms with Crippen LogP contribution in [0.1, 0.15) is 42.2 Å². The number of benzene rings is 2. The molecule has 0 unspecified atom stereocenters. The Balaban J connectivity index is 1.91. The van der Waals surface area contributed by atoms with Crippen LogP contribution in [0.25, 0.3) is 10.9 Å². The largest absolute Gasteiger partial charge is 0.463 e. The summed E-state index contributed by atoms with van der Waals surface area (Å²) in [6.07, 6.45) is 1.06. The Morgan fingerprint density at radius 1 is 1.24 bits per heavy atom. The van der Waals surface area contributed by atoms with Crippen LogP contribution in [0, 0.1) is 10.1 Å². The van der Waals surface area contributed by atoms with Crippen LogP contribution in [-0.4, -0.2) is 33.1 Å². The summed E-state index contributed by atoms with van der Waals surface area (Å²) in [4.78, 5) is 35.9. The molecule has 9 heteroatoms. The maximum atomic E-state index is 12.8. The van der Waals surface area contributed by atoms with Crippen molar-refractivity contribution in [1.82, 2.24) is 15.5 Å². The van der Waals surface area contributed by atoms with E-state index < -0.39 is 22.8 Å². The average Bonchev–Trinajstić information content (AvgIpc) is 3.14. The van der Waals surface area contributed by atoms with Gasteiger partial charge in [-0.2, -0.15) is 5.10 Å². The Hall–Kier alpha value is -3.75. The van der Waals surface area contributed by atoms with Gasteiger partial charge >= 0.3 is 5.97 Å². The van der Waals surface area contributed by atoms with Gasteiger partial charge in [0.1, 0.15) is 0 Å². The SMILES string of the molecule is CC(C)OC(=O)C[C@H](NC(=O)c1ccc2cn[nH]c2c1)c1ccccc1[N+](=O)[O-]. The van der Waals surface area contributed by atoms with Gasteiger partial charge in [-0.15, -0.1) is 0 Å². The molecule has 0 aliphatic carbocycles. The normalized spacial score (nSPS) is 12.0. The summed E-state index contributed by atoms with van der Waals surface area (Å²) in [7, 11) is 0. The summed E-state index contributed by atoms with van der Waals surface area (Å²) in [5.41, 5.74) is 1.06. The quantitative estimate of drug-likeness (QED) is 0.358. The van der Waals surface area contributed by atoms with E-state index in [-0.39, 0.29) is 23.8 Å². The van der Waals surface area contributed by atoms with Gasteiger partial charge in [0.25, 0.3) is 11.6 Å². The molecule has 0 radical (unpaired) electrons. The summed E-state index contributed by atoms with van der Waals surface area (Å²) < 4.78 is 5.16. The van der Waals surface area contributed by atoms with Gasteiger partial charge in [0.15, 0.2) is 0 Å². The van der Waals surface area contributed by atoms with Crippen molar-refractivity contribution < 1.29 is 19.2 Å². The number of para-hydroxylation sites is 1. The summed E-state index contributed by atoms with van der Waals surface area (Å²) >= 11 is 0. The minimum atomic E-state index is -0.923. The van der Waals surface area contributed by atoms with E-state index in [9.17, 15) is 19.7 Å². The number of fused-ring (bicyclic) bond motifs is 1. The number of nitro groups is 1. The van der Waals surface area contributed by atoms with Crippen LogP contribution < -0.4 is 5.32 Å².